The lowest BCUT2D eigenvalue weighted by atomic mass is 9.59. The Morgan fingerprint density at radius 3 is 1.17 bits per heavy atom. The molecule has 1 fully saturated rings. The van der Waals surface area contributed by atoms with E-state index in [-0.39, 0.29) is 52.9 Å². The van der Waals surface area contributed by atoms with E-state index in [0.717, 1.165) is 0 Å². The molecule has 0 saturated carbocycles. The third-order valence-electron chi connectivity index (χ3n) is 8.06. The Labute approximate surface area is 280 Å². The number of methoxy groups -OCH3 is 4. The largest absolute Gasteiger partial charge is 0.481 e. The maximum Gasteiger partial charge on any atom is 0.311 e. The van der Waals surface area contributed by atoms with Gasteiger partial charge in [-0.2, -0.15) is 0 Å². The van der Waals surface area contributed by atoms with Crippen molar-refractivity contribution in [2.24, 2.45) is 41.4 Å². The van der Waals surface area contributed by atoms with Gasteiger partial charge in [0.05, 0.1) is 103 Å². The molecule has 0 radical (unpaired) electrons. The van der Waals surface area contributed by atoms with E-state index in [1.165, 1.54) is 28.4 Å². The molecule has 0 aliphatic carbocycles. The lowest BCUT2D eigenvalue weighted by Crippen LogP contribution is -2.61. The standard InChI is InChI=1S/C31H50O17/c1-6-23-24(19(28(32)33)15-44-11-7-40-2)25(20(29(34)35)16-45-12-8-41-3)26(21(30(36)37)17-46-13-9-42-4)27(48-23)22(31(38)39)18-47-14-10-43-5/h1,19-27H,7-18H2,2-5H3,(H,32,33)(H,34,35)(H,36,37)(H,38,39)/t19?,20?,21?,22?,23-,24-,25+,26-,27?/m1/s1. The zero-order chi connectivity index (χ0) is 36.1. The summed E-state index contributed by atoms with van der Waals surface area (Å²) in [4.78, 5) is 51.6. The van der Waals surface area contributed by atoms with Crippen LogP contribution < -0.4 is 0 Å². The lowest BCUT2D eigenvalue weighted by molar-refractivity contribution is -0.217. The molecule has 0 aromatic heterocycles. The quantitative estimate of drug-likeness (QED) is 0.0608. The fourth-order valence-electron chi connectivity index (χ4n) is 5.81. The van der Waals surface area contributed by atoms with Crippen molar-refractivity contribution in [2.75, 3.05) is 108 Å². The van der Waals surface area contributed by atoms with Crippen LogP contribution in [0.15, 0.2) is 0 Å². The molecule has 5 unspecified atom stereocenters. The highest BCUT2D eigenvalue weighted by atomic mass is 16.5. The maximum atomic E-state index is 13.0. The Morgan fingerprint density at radius 2 is 0.854 bits per heavy atom. The van der Waals surface area contributed by atoms with Gasteiger partial charge in [0.25, 0.3) is 0 Å². The van der Waals surface area contributed by atoms with Gasteiger partial charge in [-0.25, -0.2) is 0 Å². The first-order valence-corrected chi connectivity index (χ1v) is 15.3. The van der Waals surface area contributed by atoms with Crippen molar-refractivity contribution in [3.63, 3.8) is 0 Å². The molecular weight excluding hydrogens is 644 g/mol. The number of carbonyl (C=O) groups is 4. The summed E-state index contributed by atoms with van der Waals surface area (Å²) in [7, 11) is 5.65. The predicted octanol–water partition coefficient (Wildman–Crippen LogP) is -0.309. The van der Waals surface area contributed by atoms with Gasteiger partial charge >= 0.3 is 23.9 Å². The molecule has 1 heterocycles. The molecule has 0 amide bonds. The summed E-state index contributed by atoms with van der Waals surface area (Å²) in [5, 5.41) is 42.0. The van der Waals surface area contributed by atoms with Gasteiger partial charge in [-0.15, -0.1) is 6.42 Å². The molecular formula is C31H50O17. The van der Waals surface area contributed by atoms with Gasteiger partial charge in [0.1, 0.15) is 12.0 Å². The number of aliphatic carboxylic acids is 4. The highest BCUT2D eigenvalue weighted by Gasteiger charge is 2.59. The Balaban J connectivity index is 4.02. The smallest absolute Gasteiger partial charge is 0.311 e. The van der Waals surface area contributed by atoms with Crippen LogP contribution in [0, 0.1) is 53.8 Å². The number of carboxylic acids is 4. The third kappa shape index (κ3) is 13.5. The van der Waals surface area contributed by atoms with Crippen molar-refractivity contribution in [1.29, 1.82) is 0 Å². The number of hydrogen-bond donors (Lipinski definition) is 4. The highest BCUT2D eigenvalue weighted by Crippen LogP contribution is 2.49. The monoisotopic (exact) mass is 694 g/mol. The van der Waals surface area contributed by atoms with Gasteiger partial charge in [-0.3, -0.25) is 19.2 Å². The summed E-state index contributed by atoms with van der Waals surface area (Å²) in [6.45, 7) is -1.70. The molecule has 1 rings (SSSR count). The van der Waals surface area contributed by atoms with E-state index in [0.29, 0.717) is 0 Å². The summed E-state index contributed by atoms with van der Waals surface area (Å²) < 4.78 is 48.4. The van der Waals surface area contributed by atoms with E-state index in [1.54, 1.807) is 0 Å². The van der Waals surface area contributed by atoms with Gasteiger partial charge in [-0.05, 0) is 5.92 Å². The van der Waals surface area contributed by atoms with Crippen molar-refractivity contribution in [3.8, 4) is 12.3 Å². The van der Waals surface area contributed by atoms with E-state index in [1.807, 2.05) is 0 Å². The number of terminal acetylenes is 1. The molecule has 1 aliphatic rings. The SMILES string of the molecule is C#C[C@H]1OC(C(COCCOC)C(=O)O)[C@H](C(COCCOC)C(=O)O)[C@@H](C(COCCOC)C(=O)O)[C@@H]1C(COCCOC)C(=O)O. The van der Waals surface area contributed by atoms with Crippen LogP contribution in [0.2, 0.25) is 0 Å². The zero-order valence-electron chi connectivity index (χ0n) is 27.9. The van der Waals surface area contributed by atoms with Crippen molar-refractivity contribution >= 4 is 23.9 Å². The fraction of sp³-hybridized carbons (Fsp3) is 0.806. The van der Waals surface area contributed by atoms with Gasteiger partial charge < -0.3 is 63.1 Å². The molecule has 1 saturated heterocycles. The van der Waals surface area contributed by atoms with Crippen molar-refractivity contribution in [1.82, 2.24) is 0 Å². The Morgan fingerprint density at radius 1 is 0.542 bits per heavy atom. The molecule has 0 aromatic carbocycles. The Bertz CT molecular complexity index is 1000. The molecule has 48 heavy (non-hydrogen) atoms. The first-order valence-electron chi connectivity index (χ1n) is 15.3. The molecule has 276 valence electrons. The second-order valence-corrected chi connectivity index (χ2v) is 11.0. The average Bonchev–Trinajstić information content (AvgIpc) is 3.04. The van der Waals surface area contributed by atoms with E-state index in [9.17, 15) is 39.6 Å². The average molecular weight is 695 g/mol. The summed E-state index contributed by atoms with van der Waals surface area (Å²) in [6.07, 6.45) is 2.81. The first-order chi connectivity index (χ1) is 23.0. The van der Waals surface area contributed by atoms with Crippen molar-refractivity contribution in [3.05, 3.63) is 0 Å². The predicted molar refractivity (Wildman–Crippen MR) is 163 cm³/mol. The van der Waals surface area contributed by atoms with Crippen LogP contribution in [0.3, 0.4) is 0 Å². The van der Waals surface area contributed by atoms with E-state index in [4.69, 9.17) is 49.1 Å². The van der Waals surface area contributed by atoms with Gasteiger partial charge in [-0.1, -0.05) is 5.92 Å². The molecule has 1 aliphatic heterocycles. The van der Waals surface area contributed by atoms with Crippen LogP contribution >= 0.6 is 0 Å². The second-order valence-electron chi connectivity index (χ2n) is 11.0. The van der Waals surface area contributed by atoms with Gasteiger partial charge in [0, 0.05) is 40.3 Å². The van der Waals surface area contributed by atoms with Gasteiger partial charge in [0.15, 0.2) is 0 Å². The summed E-state index contributed by atoms with van der Waals surface area (Å²) >= 11 is 0. The Kier molecular flexibility index (Phi) is 21.8. The van der Waals surface area contributed by atoms with Crippen LogP contribution in [0.5, 0.6) is 0 Å². The maximum absolute atomic E-state index is 13.0. The minimum atomic E-state index is -1.61. The lowest BCUT2D eigenvalue weighted by Gasteiger charge is -2.52. The third-order valence-corrected chi connectivity index (χ3v) is 8.06. The van der Waals surface area contributed by atoms with E-state index in [2.05, 4.69) is 5.92 Å². The van der Waals surface area contributed by atoms with Crippen LogP contribution in [0.25, 0.3) is 0 Å². The topological polar surface area (TPSA) is 232 Å². The second kappa shape index (κ2) is 24.3. The molecule has 0 spiro atoms. The van der Waals surface area contributed by atoms with Crippen LogP contribution in [-0.4, -0.2) is 164 Å². The van der Waals surface area contributed by atoms with Gasteiger partial charge in [0.2, 0.25) is 0 Å². The molecule has 17 heteroatoms. The highest BCUT2D eigenvalue weighted by molar-refractivity contribution is 5.75. The minimum absolute atomic E-state index is 0.0151. The molecule has 9 atom stereocenters. The van der Waals surface area contributed by atoms with Crippen LogP contribution in [0.1, 0.15) is 0 Å². The van der Waals surface area contributed by atoms with Crippen molar-refractivity contribution in [2.45, 2.75) is 12.2 Å². The van der Waals surface area contributed by atoms with E-state index < -0.39 is 104 Å². The number of carboxylic acid groups (broad SMARTS) is 4. The molecule has 17 nitrogen and oxygen atoms in total. The summed E-state index contributed by atoms with van der Waals surface area (Å²) in [5.74, 6) is -14.1. The zero-order valence-corrected chi connectivity index (χ0v) is 27.9. The summed E-state index contributed by atoms with van der Waals surface area (Å²) in [6, 6.07) is 0. The first kappa shape index (κ1) is 43.1. The minimum Gasteiger partial charge on any atom is -0.481 e. The van der Waals surface area contributed by atoms with E-state index >= 15 is 0 Å². The van der Waals surface area contributed by atoms with Crippen LogP contribution in [0.4, 0.5) is 0 Å². The molecule has 4 N–H and O–H groups in total. The Hall–Kier alpha value is -2.92. The molecule has 0 bridgehead atoms. The normalized spacial score (nSPS) is 23.4. The number of hydrogen-bond acceptors (Lipinski definition) is 13. The number of rotatable bonds is 28. The number of ether oxygens (including phenoxy) is 9. The van der Waals surface area contributed by atoms with Crippen LogP contribution in [-0.2, 0) is 61.8 Å². The summed E-state index contributed by atoms with van der Waals surface area (Å²) in [5.41, 5.74) is 0. The molecule has 0 aromatic rings. The fourth-order valence-corrected chi connectivity index (χ4v) is 5.81. The van der Waals surface area contributed by atoms with Crippen molar-refractivity contribution < 1.29 is 82.2 Å².